The van der Waals surface area contributed by atoms with Gasteiger partial charge in [-0.2, -0.15) is 0 Å². The summed E-state index contributed by atoms with van der Waals surface area (Å²) in [6.45, 7) is 0. The smallest absolute Gasteiger partial charge is 0.348 e. The summed E-state index contributed by atoms with van der Waals surface area (Å²) in [5.74, 6) is 0. The van der Waals surface area contributed by atoms with Crippen molar-refractivity contribution in [1.82, 2.24) is 0 Å². The normalized spacial score (nSPS) is 10.9. The molecule has 0 unspecified atom stereocenters. The quantitative estimate of drug-likeness (QED) is 0.382. The highest BCUT2D eigenvalue weighted by Gasteiger charge is 2.11. The van der Waals surface area contributed by atoms with Crippen LogP contribution in [0.3, 0.4) is 0 Å². The molecule has 0 N–H and O–H groups in total. The first kappa shape index (κ1) is 11.0. The summed E-state index contributed by atoms with van der Waals surface area (Å²) in [4.78, 5) is 22.6. The van der Waals surface area contributed by atoms with Gasteiger partial charge in [-0.3, -0.25) is 4.79 Å². The Morgan fingerprint density at radius 2 is 1.67 bits per heavy atom. The van der Waals surface area contributed by atoms with Crippen molar-refractivity contribution in [3.8, 4) is 0 Å². The predicted molar refractivity (Wildman–Crippen MR) is 70.2 cm³/mol. The van der Waals surface area contributed by atoms with E-state index >= 15 is 0 Å². The van der Waals surface area contributed by atoms with E-state index in [0.717, 1.165) is 10.8 Å². The van der Waals surface area contributed by atoms with Crippen molar-refractivity contribution in [2.75, 3.05) is 0 Å². The van der Waals surface area contributed by atoms with Crippen LogP contribution in [0.25, 0.3) is 21.7 Å². The van der Waals surface area contributed by atoms with E-state index in [0.29, 0.717) is 11.0 Å². The molecule has 88 valence electrons. The molecular weight excluding hydrogens is 252 g/mol. The van der Waals surface area contributed by atoms with Crippen LogP contribution in [0.15, 0.2) is 51.7 Å². The third-order valence-corrected chi connectivity index (χ3v) is 3.02. The fourth-order valence-corrected chi connectivity index (χ4v) is 2.08. The zero-order chi connectivity index (χ0) is 12.7. The van der Waals surface area contributed by atoms with Crippen molar-refractivity contribution in [3.05, 3.63) is 58.4 Å². The molecule has 18 heavy (non-hydrogen) atoms. The van der Waals surface area contributed by atoms with Gasteiger partial charge in [-0.1, -0.05) is 24.3 Å². The van der Waals surface area contributed by atoms with Crippen molar-refractivity contribution in [2.45, 2.75) is 0 Å². The lowest BCUT2D eigenvalue weighted by molar-refractivity contribution is 0.107. The Hall–Kier alpha value is -2.13. The summed E-state index contributed by atoms with van der Waals surface area (Å²) in [7, 11) is 0. The van der Waals surface area contributed by atoms with Gasteiger partial charge in [0.2, 0.25) is 0 Å². The SMILES string of the molecule is O=C(Cl)c1cc2cc3ccccc3cc2oc1=O. The van der Waals surface area contributed by atoms with Gasteiger partial charge in [0.05, 0.1) is 0 Å². The molecule has 0 radical (unpaired) electrons. The summed E-state index contributed by atoms with van der Waals surface area (Å²) >= 11 is 5.33. The number of carbonyl (C=O) groups is 1. The van der Waals surface area contributed by atoms with E-state index < -0.39 is 10.9 Å². The monoisotopic (exact) mass is 258 g/mol. The largest absolute Gasteiger partial charge is 0.422 e. The second-order valence-electron chi connectivity index (χ2n) is 3.96. The topological polar surface area (TPSA) is 47.3 Å². The van der Waals surface area contributed by atoms with E-state index in [-0.39, 0.29) is 5.56 Å². The molecule has 3 aromatic rings. The lowest BCUT2D eigenvalue weighted by atomic mass is 10.1. The van der Waals surface area contributed by atoms with Gasteiger partial charge in [-0.15, -0.1) is 0 Å². The first-order valence-corrected chi connectivity index (χ1v) is 5.69. The summed E-state index contributed by atoms with van der Waals surface area (Å²) < 4.78 is 5.10. The maximum absolute atomic E-state index is 11.5. The minimum Gasteiger partial charge on any atom is -0.422 e. The standard InChI is InChI=1S/C14H7ClO3/c15-13(16)11-6-10-5-8-3-1-2-4-9(8)7-12(10)18-14(11)17/h1-7H. The van der Waals surface area contributed by atoms with E-state index in [9.17, 15) is 9.59 Å². The van der Waals surface area contributed by atoms with Crippen molar-refractivity contribution in [3.63, 3.8) is 0 Å². The minimum absolute atomic E-state index is 0.139. The number of carbonyl (C=O) groups excluding carboxylic acids is 1. The molecule has 3 rings (SSSR count). The lowest BCUT2D eigenvalue weighted by Gasteiger charge is -2.01. The van der Waals surface area contributed by atoms with Crippen LogP contribution < -0.4 is 5.63 Å². The fraction of sp³-hybridized carbons (Fsp3) is 0. The van der Waals surface area contributed by atoms with Gasteiger partial charge in [0.1, 0.15) is 11.1 Å². The molecule has 0 aliphatic heterocycles. The van der Waals surface area contributed by atoms with Crippen molar-refractivity contribution < 1.29 is 9.21 Å². The number of hydrogen-bond acceptors (Lipinski definition) is 3. The third kappa shape index (κ3) is 1.69. The molecule has 0 saturated heterocycles. The van der Waals surface area contributed by atoms with Crippen molar-refractivity contribution in [1.29, 1.82) is 0 Å². The highest BCUT2D eigenvalue weighted by molar-refractivity contribution is 6.67. The molecule has 0 aliphatic carbocycles. The zero-order valence-corrected chi connectivity index (χ0v) is 9.90. The van der Waals surface area contributed by atoms with Crippen molar-refractivity contribution >= 4 is 38.6 Å². The second kappa shape index (κ2) is 3.96. The predicted octanol–water partition coefficient (Wildman–Crippen LogP) is 3.33. The summed E-state index contributed by atoms with van der Waals surface area (Å²) in [6, 6.07) is 12.8. The van der Waals surface area contributed by atoms with Crippen LogP contribution >= 0.6 is 11.6 Å². The maximum atomic E-state index is 11.5. The first-order valence-electron chi connectivity index (χ1n) is 5.31. The zero-order valence-electron chi connectivity index (χ0n) is 9.14. The van der Waals surface area contributed by atoms with E-state index in [1.54, 1.807) is 6.07 Å². The van der Waals surface area contributed by atoms with Crippen molar-refractivity contribution in [2.24, 2.45) is 0 Å². The van der Waals surface area contributed by atoms with E-state index in [4.69, 9.17) is 16.0 Å². The van der Waals surface area contributed by atoms with Gasteiger partial charge >= 0.3 is 5.63 Å². The number of hydrogen-bond donors (Lipinski definition) is 0. The molecule has 0 aliphatic rings. The van der Waals surface area contributed by atoms with Gasteiger partial charge in [0, 0.05) is 5.39 Å². The Balaban J connectivity index is 2.44. The Morgan fingerprint density at radius 1 is 1.00 bits per heavy atom. The fourth-order valence-electron chi connectivity index (χ4n) is 1.94. The average Bonchev–Trinajstić information content (AvgIpc) is 2.35. The van der Waals surface area contributed by atoms with E-state index in [1.165, 1.54) is 6.07 Å². The van der Waals surface area contributed by atoms with Gasteiger partial charge < -0.3 is 4.42 Å². The maximum Gasteiger partial charge on any atom is 0.348 e. The Morgan fingerprint density at radius 3 is 2.33 bits per heavy atom. The Labute approximate surface area is 107 Å². The summed E-state index contributed by atoms with van der Waals surface area (Å²) in [5.41, 5.74) is -0.405. The van der Waals surface area contributed by atoms with Crippen LogP contribution in [0.1, 0.15) is 10.4 Å². The Bertz CT molecular complexity index is 833. The summed E-state index contributed by atoms with van der Waals surface area (Å²) in [5, 5.41) is 1.85. The van der Waals surface area contributed by atoms with Gasteiger partial charge in [-0.05, 0) is 40.6 Å². The molecule has 0 fully saturated rings. The third-order valence-electron chi connectivity index (χ3n) is 2.81. The van der Waals surface area contributed by atoms with Crippen LogP contribution in [-0.2, 0) is 0 Å². The average molecular weight is 259 g/mol. The lowest BCUT2D eigenvalue weighted by Crippen LogP contribution is -2.09. The van der Waals surface area contributed by atoms with Gasteiger partial charge in [-0.25, -0.2) is 4.79 Å². The van der Waals surface area contributed by atoms with E-state index in [2.05, 4.69) is 0 Å². The van der Waals surface area contributed by atoms with Crippen LogP contribution in [0.4, 0.5) is 0 Å². The molecule has 0 amide bonds. The molecule has 0 atom stereocenters. The molecule has 0 saturated carbocycles. The van der Waals surface area contributed by atoms with E-state index in [1.807, 2.05) is 30.3 Å². The van der Waals surface area contributed by atoms with Crippen LogP contribution in [0.2, 0.25) is 0 Å². The second-order valence-corrected chi connectivity index (χ2v) is 4.30. The molecular formula is C14H7ClO3. The molecule has 4 heteroatoms. The molecule has 1 aromatic heterocycles. The molecule has 0 spiro atoms. The number of halogens is 1. The Kier molecular flexibility index (Phi) is 2.42. The minimum atomic E-state index is -0.807. The van der Waals surface area contributed by atoms with Gasteiger partial charge in [0.15, 0.2) is 0 Å². The van der Waals surface area contributed by atoms with Crippen LogP contribution in [0, 0.1) is 0 Å². The molecule has 0 bridgehead atoms. The highest BCUT2D eigenvalue weighted by atomic mass is 35.5. The number of benzene rings is 2. The first-order chi connectivity index (χ1) is 8.65. The molecule has 1 heterocycles. The molecule has 2 aromatic carbocycles. The molecule has 3 nitrogen and oxygen atoms in total. The summed E-state index contributed by atoms with van der Waals surface area (Å²) in [6.07, 6.45) is 0. The van der Waals surface area contributed by atoms with Crippen LogP contribution in [-0.4, -0.2) is 5.24 Å². The van der Waals surface area contributed by atoms with Crippen LogP contribution in [0.5, 0.6) is 0 Å². The van der Waals surface area contributed by atoms with Gasteiger partial charge in [0.25, 0.3) is 5.24 Å². The number of rotatable bonds is 1. The number of fused-ring (bicyclic) bond motifs is 2. The highest BCUT2D eigenvalue weighted by Crippen LogP contribution is 2.22.